The van der Waals surface area contributed by atoms with Crippen LogP contribution in [0.25, 0.3) is 0 Å². The summed E-state index contributed by atoms with van der Waals surface area (Å²) in [4.78, 5) is 24.4. The van der Waals surface area contributed by atoms with E-state index in [0.29, 0.717) is 13.2 Å². The number of rotatable bonds is 10. The number of hydrogen-bond donors (Lipinski definition) is 1. The lowest BCUT2D eigenvalue weighted by molar-refractivity contribution is -0.147. The smallest absolute Gasteiger partial charge is 0.323 e. The van der Waals surface area contributed by atoms with Crippen LogP contribution in [0.5, 0.6) is 0 Å². The average molecular weight is 259 g/mol. The lowest BCUT2D eigenvalue weighted by atomic mass is 9.96. The van der Waals surface area contributed by atoms with Gasteiger partial charge in [-0.1, -0.05) is 26.7 Å². The van der Waals surface area contributed by atoms with Crippen LogP contribution in [0.2, 0.25) is 0 Å². The van der Waals surface area contributed by atoms with E-state index >= 15 is 0 Å². The van der Waals surface area contributed by atoms with Gasteiger partial charge in [-0.2, -0.15) is 0 Å². The number of ether oxygens (including phenoxy) is 1. The predicted octanol–water partition coefficient (Wildman–Crippen LogP) is 1.76. The first-order chi connectivity index (χ1) is 8.56. The Bertz CT molecular complexity index is 249. The van der Waals surface area contributed by atoms with Crippen LogP contribution in [0, 0.1) is 5.92 Å². The highest BCUT2D eigenvalue weighted by atomic mass is 16.5. The lowest BCUT2D eigenvalue weighted by Gasteiger charge is -2.25. The molecule has 0 rings (SSSR count). The first-order valence-electron chi connectivity index (χ1n) is 6.56. The van der Waals surface area contributed by atoms with Crippen molar-refractivity contribution in [2.24, 2.45) is 5.92 Å². The highest BCUT2D eigenvalue weighted by molar-refractivity contribution is 5.83. The molecule has 1 amide bonds. The fraction of sp³-hybridized carbons (Fsp3) is 0.846. The number of hydrogen-bond acceptors (Lipinski definition) is 3. The zero-order valence-corrected chi connectivity index (χ0v) is 11.6. The van der Waals surface area contributed by atoms with Crippen molar-refractivity contribution < 1.29 is 19.4 Å². The second-order valence-electron chi connectivity index (χ2n) is 4.42. The number of carbonyl (C=O) groups excluding carboxylic acids is 1. The van der Waals surface area contributed by atoms with Gasteiger partial charge in [-0.25, -0.2) is 0 Å². The third kappa shape index (κ3) is 6.59. The first-order valence-corrected chi connectivity index (χ1v) is 6.56. The van der Waals surface area contributed by atoms with Gasteiger partial charge >= 0.3 is 5.97 Å². The molecule has 0 bridgehead atoms. The fourth-order valence-electron chi connectivity index (χ4n) is 1.98. The van der Waals surface area contributed by atoms with Gasteiger partial charge in [0.05, 0.1) is 6.61 Å². The number of carboxylic acids is 1. The maximum Gasteiger partial charge on any atom is 0.323 e. The Morgan fingerprint density at radius 3 is 2.17 bits per heavy atom. The lowest BCUT2D eigenvalue weighted by Crippen LogP contribution is -2.41. The van der Waals surface area contributed by atoms with Crippen molar-refractivity contribution >= 4 is 11.9 Å². The Morgan fingerprint density at radius 1 is 1.22 bits per heavy atom. The molecule has 0 radical (unpaired) electrons. The van der Waals surface area contributed by atoms with Crippen LogP contribution < -0.4 is 0 Å². The normalized spacial score (nSPS) is 10.7. The van der Waals surface area contributed by atoms with Gasteiger partial charge in [0.1, 0.15) is 6.54 Å². The molecular formula is C13H25NO4. The van der Waals surface area contributed by atoms with Crippen LogP contribution in [-0.4, -0.2) is 48.7 Å². The molecule has 0 aliphatic rings. The van der Waals surface area contributed by atoms with Gasteiger partial charge in [-0.15, -0.1) is 0 Å². The van der Waals surface area contributed by atoms with E-state index in [4.69, 9.17) is 9.84 Å². The summed E-state index contributed by atoms with van der Waals surface area (Å²) >= 11 is 0. The van der Waals surface area contributed by atoms with Crippen molar-refractivity contribution in [2.75, 3.05) is 26.8 Å². The third-order valence-electron chi connectivity index (χ3n) is 2.83. The zero-order valence-electron chi connectivity index (χ0n) is 11.6. The molecule has 0 aromatic heterocycles. The molecule has 106 valence electrons. The van der Waals surface area contributed by atoms with E-state index in [1.165, 1.54) is 4.90 Å². The SMILES string of the molecule is CCCC(CCC)C(=O)N(CCOC)CC(=O)O. The van der Waals surface area contributed by atoms with Gasteiger partial charge in [0.25, 0.3) is 0 Å². The summed E-state index contributed by atoms with van der Waals surface area (Å²) < 4.78 is 4.92. The van der Waals surface area contributed by atoms with Gasteiger partial charge < -0.3 is 14.7 Å². The summed E-state index contributed by atoms with van der Waals surface area (Å²) in [6.07, 6.45) is 3.49. The van der Waals surface area contributed by atoms with Crippen molar-refractivity contribution in [1.82, 2.24) is 4.90 Å². The van der Waals surface area contributed by atoms with E-state index < -0.39 is 5.97 Å². The quantitative estimate of drug-likeness (QED) is 0.649. The van der Waals surface area contributed by atoms with E-state index in [1.807, 2.05) is 13.8 Å². The number of nitrogens with zero attached hydrogens (tertiary/aromatic N) is 1. The molecule has 0 aliphatic heterocycles. The molecule has 5 heteroatoms. The molecule has 5 nitrogen and oxygen atoms in total. The molecule has 1 N–H and O–H groups in total. The van der Waals surface area contributed by atoms with Crippen molar-refractivity contribution in [1.29, 1.82) is 0 Å². The van der Waals surface area contributed by atoms with Crippen LogP contribution in [0.3, 0.4) is 0 Å². The number of aliphatic carboxylic acids is 1. The molecule has 0 atom stereocenters. The minimum absolute atomic E-state index is 0.0573. The monoisotopic (exact) mass is 259 g/mol. The van der Waals surface area contributed by atoms with Crippen LogP contribution in [0.1, 0.15) is 39.5 Å². The Morgan fingerprint density at radius 2 is 1.78 bits per heavy atom. The van der Waals surface area contributed by atoms with E-state index in [0.717, 1.165) is 25.7 Å². The molecule has 0 saturated heterocycles. The second kappa shape index (κ2) is 9.88. The Kier molecular flexibility index (Phi) is 9.28. The summed E-state index contributed by atoms with van der Waals surface area (Å²) in [5.74, 6) is -1.10. The molecule has 0 saturated carbocycles. The molecule has 18 heavy (non-hydrogen) atoms. The molecular weight excluding hydrogens is 234 g/mol. The van der Waals surface area contributed by atoms with E-state index in [2.05, 4.69) is 0 Å². The predicted molar refractivity (Wildman–Crippen MR) is 69.4 cm³/mol. The third-order valence-corrected chi connectivity index (χ3v) is 2.83. The topological polar surface area (TPSA) is 66.8 Å². The zero-order chi connectivity index (χ0) is 14.0. The van der Waals surface area contributed by atoms with Gasteiger partial charge in [0.15, 0.2) is 0 Å². The van der Waals surface area contributed by atoms with Crippen molar-refractivity contribution in [2.45, 2.75) is 39.5 Å². The van der Waals surface area contributed by atoms with Crippen molar-refractivity contribution in [3.05, 3.63) is 0 Å². The summed E-state index contributed by atoms with van der Waals surface area (Å²) in [7, 11) is 1.54. The number of carbonyl (C=O) groups is 2. The minimum atomic E-state index is -0.980. The van der Waals surface area contributed by atoms with Crippen LogP contribution in [0.4, 0.5) is 0 Å². The van der Waals surface area contributed by atoms with Crippen LogP contribution in [0.15, 0.2) is 0 Å². The second-order valence-corrected chi connectivity index (χ2v) is 4.42. The van der Waals surface area contributed by atoms with Crippen LogP contribution in [-0.2, 0) is 14.3 Å². The van der Waals surface area contributed by atoms with Crippen LogP contribution >= 0.6 is 0 Å². The molecule has 0 fully saturated rings. The minimum Gasteiger partial charge on any atom is -0.480 e. The Hall–Kier alpha value is -1.10. The highest BCUT2D eigenvalue weighted by Gasteiger charge is 2.24. The maximum atomic E-state index is 12.3. The number of amides is 1. The van der Waals surface area contributed by atoms with Gasteiger partial charge in [0, 0.05) is 19.6 Å². The Labute approximate surface area is 109 Å². The molecule has 0 heterocycles. The summed E-state index contributed by atoms with van der Waals surface area (Å²) in [6.45, 7) is 4.53. The molecule has 0 unspecified atom stereocenters. The molecule has 0 spiro atoms. The highest BCUT2D eigenvalue weighted by Crippen LogP contribution is 2.16. The Balaban J connectivity index is 4.60. The standard InChI is InChI=1S/C13H25NO4/c1-4-6-11(7-5-2)13(17)14(8-9-18-3)10-12(15)16/h11H,4-10H2,1-3H3,(H,15,16). The molecule has 0 aromatic carbocycles. The van der Waals surface area contributed by atoms with Crippen molar-refractivity contribution in [3.8, 4) is 0 Å². The number of carboxylic acid groups (broad SMARTS) is 1. The van der Waals surface area contributed by atoms with Crippen molar-refractivity contribution in [3.63, 3.8) is 0 Å². The largest absolute Gasteiger partial charge is 0.480 e. The fourth-order valence-corrected chi connectivity index (χ4v) is 1.98. The summed E-state index contributed by atoms with van der Waals surface area (Å²) in [6, 6.07) is 0. The van der Waals surface area contributed by atoms with E-state index in [1.54, 1.807) is 7.11 Å². The number of methoxy groups -OCH3 is 1. The summed E-state index contributed by atoms with van der Waals surface area (Å²) in [5.41, 5.74) is 0. The molecule has 0 aliphatic carbocycles. The maximum absolute atomic E-state index is 12.3. The van der Waals surface area contributed by atoms with Gasteiger partial charge in [-0.05, 0) is 12.8 Å². The van der Waals surface area contributed by atoms with Gasteiger partial charge in [-0.3, -0.25) is 9.59 Å². The first kappa shape index (κ1) is 16.9. The molecule has 0 aromatic rings. The van der Waals surface area contributed by atoms with Gasteiger partial charge in [0.2, 0.25) is 5.91 Å². The van der Waals surface area contributed by atoms with E-state index in [-0.39, 0.29) is 18.4 Å². The average Bonchev–Trinajstić information content (AvgIpc) is 2.33. The summed E-state index contributed by atoms with van der Waals surface area (Å²) in [5, 5.41) is 8.84. The van der Waals surface area contributed by atoms with E-state index in [9.17, 15) is 9.59 Å².